The highest BCUT2D eigenvalue weighted by atomic mass is 16.5. The van der Waals surface area contributed by atoms with Crippen molar-refractivity contribution in [2.75, 3.05) is 12.3 Å². The molecule has 3 N–H and O–H groups in total. The Balaban J connectivity index is 2.36. The van der Waals surface area contributed by atoms with Crippen LogP contribution in [-0.4, -0.2) is 21.7 Å². The van der Waals surface area contributed by atoms with E-state index >= 15 is 0 Å². The fourth-order valence-electron chi connectivity index (χ4n) is 1.76. The monoisotopic (exact) mass is 259 g/mol. The lowest BCUT2D eigenvalue weighted by molar-refractivity contribution is 0.297. The molecule has 0 saturated carbocycles. The number of nitrogens with zero attached hydrogens (tertiary/aromatic N) is 2. The smallest absolute Gasteiger partial charge is 0.227 e. The lowest BCUT2D eigenvalue weighted by atomic mass is 10.1. The van der Waals surface area contributed by atoms with Crippen LogP contribution in [0.25, 0.3) is 0 Å². The van der Waals surface area contributed by atoms with E-state index in [1.165, 1.54) is 0 Å². The molecule has 0 fully saturated rings. The van der Waals surface area contributed by atoms with Crippen molar-refractivity contribution in [1.82, 2.24) is 9.97 Å². The quantitative estimate of drug-likeness (QED) is 0.877. The summed E-state index contributed by atoms with van der Waals surface area (Å²) in [5.41, 5.74) is 7.44. The molecule has 0 amide bonds. The van der Waals surface area contributed by atoms with Crippen molar-refractivity contribution in [3.8, 4) is 11.6 Å². The highest BCUT2D eigenvalue weighted by Crippen LogP contribution is 2.28. The minimum atomic E-state index is 0.0737. The molecule has 0 spiro atoms. The third-order valence-corrected chi connectivity index (χ3v) is 2.81. The van der Waals surface area contributed by atoms with E-state index in [-0.39, 0.29) is 6.61 Å². The van der Waals surface area contributed by atoms with Crippen molar-refractivity contribution >= 4 is 5.82 Å². The Hall–Kier alpha value is -2.14. The van der Waals surface area contributed by atoms with E-state index in [9.17, 15) is 0 Å². The van der Waals surface area contributed by atoms with Crippen molar-refractivity contribution in [2.45, 2.75) is 20.3 Å². The van der Waals surface area contributed by atoms with Gasteiger partial charge < -0.3 is 15.6 Å². The van der Waals surface area contributed by atoms with Gasteiger partial charge in [-0.05, 0) is 31.9 Å². The first-order valence-electron chi connectivity index (χ1n) is 6.09. The van der Waals surface area contributed by atoms with Crippen LogP contribution in [0.4, 0.5) is 5.82 Å². The van der Waals surface area contributed by atoms with Crippen LogP contribution in [0.1, 0.15) is 17.0 Å². The molecule has 2 rings (SSSR count). The Morgan fingerprint density at radius 3 is 2.68 bits per heavy atom. The Bertz CT molecular complexity index is 585. The first kappa shape index (κ1) is 13.3. The summed E-state index contributed by atoms with van der Waals surface area (Å²) in [4.78, 5) is 8.34. The maximum absolute atomic E-state index is 9.05. The fourth-order valence-corrected chi connectivity index (χ4v) is 1.76. The van der Waals surface area contributed by atoms with E-state index in [2.05, 4.69) is 9.97 Å². The Labute approximate surface area is 112 Å². The first-order chi connectivity index (χ1) is 9.11. The van der Waals surface area contributed by atoms with Crippen LogP contribution in [0.15, 0.2) is 24.3 Å². The highest BCUT2D eigenvalue weighted by molar-refractivity contribution is 5.46. The SMILES string of the molecule is Cc1nc(N)c(C)c(Oc2ccccc2CCO)n1. The minimum absolute atomic E-state index is 0.0737. The van der Waals surface area contributed by atoms with E-state index in [1.54, 1.807) is 6.92 Å². The molecular weight excluding hydrogens is 242 g/mol. The number of hydrogen-bond acceptors (Lipinski definition) is 5. The number of benzene rings is 1. The normalized spacial score (nSPS) is 10.5. The Morgan fingerprint density at radius 1 is 1.21 bits per heavy atom. The molecule has 0 saturated heterocycles. The van der Waals surface area contributed by atoms with Crippen LogP contribution >= 0.6 is 0 Å². The van der Waals surface area contributed by atoms with Gasteiger partial charge in [0.25, 0.3) is 0 Å². The summed E-state index contributed by atoms with van der Waals surface area (Å²) < 4.78 is 5.81. The van der Waals surface area contributed by atoms with Gasteiger partial charge in [-0.25, -0.2) is 4.98 Å². The molecule has 1 aromatic carbocycles. The maximum atomic E-state index is 9.05. The molecule has 5 nitrogen and oxygen atoms in total. The molecule has 0 radical (unpaired) electrons. The van der Waals surface area contributed by atoms with E-state index < -0.39 is 0 Å². The maximum Gasteiger partial charge on any atom is 0.227 e. The van der Waals surface area contributed by atoms with E-state index in [4.69, 9.17) is 15.6 Å². The average molecular weight is 259 g/mol. The lowest BCUT2D eigenvalue weighted by Crippen LogP contribution is -2.03. The fraction of sp³-hybridized carbons (Fsp3) is 0.286. The van der Waals surface area contributed by atoms with Gasteiger partial charge >= 0.3 is 0 Å². The molecule has 0 bridgehead atoms. The second-order valence-electron chi connectivity index (χ2n) is 4.27. The largest absolute Gasteiger partial charge is 0.438 e. The van der Waals surface area contributed by atoms with Crippen LogP contribution in [0, 0.1) is 13.8 Å². The molecule has 0 atom stereocenters. The number of aliphatic hydroxyl groups is 1. The van der Waals surface area contributed by atoms with E-state index in [1.807, 2.05) is 31.2 Å². The number of aryl methyl sites for hydroxylation is 1. The zero-order valence-corrected chi connectivity index (χ0v) is 11.1. The van der Waals surface area contributed by atoms with Crippen molar-refractivity contribution in [3.63, 3.8) is 0 Å². The Morgan fingerprint density at radius 2 is 1.95 bits per heavy atom. The van der Waals surface area contributed by atoms with Crippen molar-refractivity contribution in [1.29, 1.82) is 0 Å². The summed E-state index contributed by atoms with van der Waals surface area (Å²) in [7, 11) is 0. The van der Waals surface area contributed by atoms with Crippen LogP contribution < -0.4 is 10.5 Å². The van der Waals surface area contributed by atoms with Crippen LogP contribution in [0.5, 0.6) is 11.6 Å². The topological polar surface area (TPSA) is 81.3 Å². The highest BCUT2D eigenvalue weighted by Gasteiger charge is 2.11. The van der Waals surface area contributed by atoms with E-state index in [0.717, 1.165) is 5.56 Å². The Kier molecular flexibility index (Phi) is 3.97. The number of nitrogen functional groups attached to an aromatic ring is 1. The molecular formula is C14H17N3O2. The van der Waals surface area contributed by atoms with Gasteiger partial charge in [0.2, 0.25) is 5.88 Å². The third-order valence-electron chi connectivity index (χ3n) is 2.81. The lowest BCUT2D eigenvalue weighted by Gasteiger charge is -2.12. The number of aliphatic hydroxyl groups excluding tert-OH is 1. The molecule has 1 aromatic heterocycles. The van der Waals surface area contributed by atoms with Crippen molar-refractivity contribution in [2.24, 2.45) is 0 Å². The second kappa shape index (κ2) is 5.67. The number of aromatic nitrogens is 2. The van der Waals surface area contributed by atoms with Gasteiger partial charge in [-0.2, -0.15) is 4.98 Å². The number of rotatable bonds is 4. The molecule has 19 heavy (non-hydrogen) atoms. The van der Waals surface area contributed by atoms with Crippen molar-refractivity contribution in [3.05, 3.63) is 41.2 Å². The van der Waals surface area contributed by atoms with Crippen molar-refractivity contribution < 1.29 is 9.84 Å². The van der Waals surface area contributed by atoms with Gasteiger partial charge in [-0.1, -0.05) is 18.2 Å². The molecule has 0 aliphatic rings. The average Bonchev–Trinajstić information content (AvgIpc) is 2.38. The zero-order chi connectivity index (χ0) is 13.8. The van der Waals surface area contributed by atoms with Gasteiger partial charge in [0, 0.05) is 6.61 Å². The standard InChI is InChI=1S/C14H17N3O2/c1-9-13(15)16-10(2)17-14(9)19-12-6-4-3-5-11(12)7-8-18/h3-6,18H,7-8H2,1-2H3,(H2,15,16,17). The molecule has 100 valence electrons. The van der Waals surface area contributed by atoms with Crippen LogP contribution in [0.2, 0.25) is 0 Å². The van der Waals surface area contributed by atoms with Gasteiger partial charge in [-0.3, -0.25) is 0 Å². The summed E-state index contributed by atoms with van der Waals surface area (Å²) in [5.74, 6) is 2.12. The molecule has 0 aliphatic heterocycles. The third kappa shape index (κ3) is 3.00. The first-order valence-corrected chi connectivity index (χ1v) is 6.09. The predicted molar refractivity (Wildman–Crippen MR) is 73.2 cm³/mol. The summed E-state index contributed by atoms with van der Waals surface area (Å²) in [6.07, 6.45) is 0.536. The number of ether oxygens (including phenoxy) is 1. The molecule has 0 aliphatic carbocycles. The molecule has 1 heterocycles. The van der Waals surface area contributed by atoms with Gasteiger partial charge in [0.15, 0.2) is 0 Å². The second-order valence-corrected chi connectivity index (χ2v) is 4.27. The molecule has 5 heteroatoms. The number of nitrogens with two attached hydrogens (primary N) is 1. The summed E-state index contributed by atoms with van der Waals surface area (Å²) >= 11 is 0. The van der Waals surface area contributed by atoms with Gasteiger partial charge in [0.1, 0.15) is 17.4 Å². The van der Waals surface area contributed by atoms with Gasteiger partial charge in [-0.15, -0.1) is 0 Å². The summed E-state index contributed by atoms with van der Waals surface area (Å²) in [5, 5.41) is 9.05. The molecule has 0 unspecified atom stereocenters. The predicted octanol–water partition coefficient (Wildman–Crippen LogP) is 2.00. The van der Waals surface area contributed by atoms with E-state index in [0.29, 0.717) is 35.3 Å². The number of anilines is 1. The molecule has 2 aromatic rings. The summed E-state index contributed by atoms with van der Waals surface area (Å²) in [6.45, 7) is 3.66. The van der Waals surface area contributed by atoms with Crippen LogP contribution in [0.3, 0.4) is 0 Å². The zero-order valence-electron chi connectivity index (χ0n) is 11.1. The summed E-state index contributed by atoms with van der Waals surface area (Å²) in [6, 6.07) is 7.55. The van der Waals surface area contributed by atoms with Gasteiger partial charge in [0.05, 0.1) is 5.56 Å². The number of hydrogen-bond donors (Lipinski definition) is 2. The number of para-hydroxylation sites is 1. The minimum Gasteiger partial charge on any atom is -0.438 e. The van der Waals surface area contributed by atoms with Crippen LogP contribution in [-0.2, 0) is 6.42 Å².